The van der Waals surface area contributed by atoms with Crippen LogP contribution in [0.2, 0.25) is 0 Å². The average molecular weight is 588 g/mol. The van der Waals surface area contributed by atoms with Gasteiger partial charge in [-0.1, -0.05) is 91.0 Å². The molecule has 2 N–H and O–H groups in total. The van der Waals surface area contributed by atoms with Gasteiger partial charge in [-0.15, -0.1) is 0 Å². The number of nitrogens with one attached hydrogen (secondary N) is 1. The van der Waals surface area contributed by atoms with E-state index in [1.54, 1.807) is 48.5 Å². The molecule has 5 aromatic carbocycles. The third kappa shape index (κ3) is 8.97. The summed E-state index contributed by atoms with van der Waals surface area (Å²) in [6.45, 7) is 1.23. The molecule has 0 spiro atoms. The molecule has 222 valence electrons. The quantitative estimate of drug-likeness (QED) is 0.148. The predicted molar refractivity (Wildman–Crippen MR) is 168 cm³/mol. The number of carboxylic acid groups (broad SMARTS) is 1. The zero-order chi connectivity index (χ0) is 30.6. The van der Waals surface area contributed by atoms with E-state index in [0.717, 1.165) is 28.0 Å². The summed E-state index contributed by atoms with van der Waals surface area (Å²) in [4.78, 5) is 25.0. The summed E-state index contributed by atoms with van der Waals surface area (Å²) in [7, 11) is 0. The largest absolute Gasteiger partial charge is 0.489 e. The van der Waals surface area contributed by atoms with Crippen LogP contribution in [0, 0.1) is 0 Å². The molecule has 7 heteroatoms. The standard InChI is InChI=1S/C37H33NO6/c39-36(38-35(37(40)41)22-27-14-18-32(19-15-27)42-24-28-8-3-1-4-9-28)31-12-7-13-34(23-31)44-26-30-16-20-33(21-17-30)43-25-29-10-5-2-6-11-29/h1-21,23,35H,22,24-26H2,(H,38,39)(H,40,41)/t35-/m0/s1. The Kier molecular flexibility index (Phi) is 10.2. The van der Waals surface area contributed by atoms with Crippen molar-refractivity contribution in [1.82, 2.24) is 5.32 Å². The molecule has 0 heterocycles. The Morgan fingerprint density at radius 3 is 1.55 bits per heavy atom. The maximum absolute atomic E-state index is 13.0. The molecule has 44 heavy (non-hydrogen) atoms. The van der Waals surface area contributed by atoms with Gasteiger partial charge in [-0.25, -0.2) is 4.79 Å². The number of ether oxygens (including phenoxy) is 3. The van der Waals surface area contributed by atoms with Crippen LogP contribution in [0.1, 0.15) is 32.6 Å². The molecule has 0 fully saturated rings. The molecule has 0 bridgehead atoms. The second-order valence-corrected chi connectivity index (χ2v) is 10.2. The van der Waals surface area contributed by atoms with Crippen LogP contribution in [0.4, 0.5) is 0 Å². The van der Waals surface area contributed by atoms with Gasteiger partial charge in [0.2, 0.25) is 0 Å². The van der Waals surface area contributed by atoms with Crippen LogP contribution < -0.4 is 19.5 Å². The van der Waals surface area contributed by atoms with E-state index in [9.17, 15) is 14.7 Å². The Bertz CT molecular complexity index is 1640. The molecular weight excluding hydrogens is 554 g/mol. The van der Waals surface area contributed by atoms with Crippen LogP contribution in [-0.2, 0) is 31.0 Å². The van der Waals surface area contributed by atoms with E-state index in [2.05, 4.69) is 5.32 Å². The monoisotopic (exact) mass is 587 g/mol. The fourth-order valence-electron chi connectivity index (χ4n) is 4.46. The lowest BCUT2D eigenvalue weighted by Crippen LogP contribution is -2.42. The Labute approximate surface area is 256 Å². The maximum atomic E-state index is 13.0. The first-order valence-electron chi connectivity index (χ1n) is 14.3. The molecular formula is C37H33NO6. The lowest BCUT2D eigenvalue weighted by atomic mass is 10.1. The summed E-state index contributed by atoms with van der Waals surface area (Å²) in [5.41, 5.74) is 4.16. The van der Waals surface area contributed by atoms with Gasteiger partial charge in [0.1, 0.15) is 43.1 Å². The van der Waals surface area contributed by atoms with Crippen LogP contribution in [0.5, 0.6) is 17.2 Å². The minimum Gasteiger partial charge on any atom is -0.489 e. The van der Waals surface area contributed by atoms with Gasteiger partial charge in [-0.2, -0.15) is 0 Å². The molecule has 0 saturated carbocycles. The second kappa shape index (κ2) is 15.1. The van der Waals surface area contributed by atoms with Gasteiger partial charge < -0.3 is 24.6 Å². The van der Waals surface area contributed by atoms with Gasteiger partial charge in [-0.3, -0.25) is 4.79 Å². The number of amides is 1. The van der Waals surface area contributed by atoms with E-state index in [-0.39, 0.29) is 6.42 Å². The number of carbonyl (C=O) groups excluding carboxylic acids is 1. The summed E-state index contributed by atoms with van der Waals surface area (Å²) in [6.07, 6.45) is 0.126. The van der Waals surface area contributed by atoms with Crippen molar-refractivity contribution in [3.63, 3.8) is 0 Å². The molecule has 5 aromatic rings. The highest BCUT2D eigenvalue weighted by molar-refractivity contribution is 5.97. The van der Waals surface area contributed by atoms with Crippen molar-refractivity contribution >= 4 is 11.9 Å². The molecule has 0 unspecified atom stereocenters. The molecule has 0 radical (unpaired) electrons. The summed E-state index contributed by atoms with van der Waals surface area (Å²) in [5, 5.41) is 12.4. The number of hydrogen-bond acceptors (Lipinski definition) is 5. The fourth-order valence-corrected chi connectivity index (χ4v) is 4.46. The zero-order valence-electron chi connectivity index (χ0n) is 24.1. The number of aliphatic carboxylic acids is 1. The number of carbonyl (C=O) groups is 2. The van der Waals surface area contributed by atoms with E-state index in [1.807, 2.05) is 84.9 Å². The first-order valence-corrected chi connectivity index (χ1v) is 14.3. The summed E-state index contributed by atoms with van der Waals surface area (Å²) in [5.74, 6) is 0.325. The third-order valence-electron chi connectivity index (χ3n) is 6.89. The molecule has 1 amide bonds. The first-order chi connectivity index (χ1) is 21.5. The highest BCUT2D eigenvalue weighted by Gasteiger charge is 2.21. The van der Waals surface area contributed by atoms with Crippen LogP contribution in [0.3, 0.4) is 0 Å². The highest BCUT2D eigenvalue weighted by Crippen LogP contribution is 2.19. The van der Waals surface area contributed by atoms with Crippen molar-refractivity contribution in [1.29, 1.82) is 0 Å². The first kappa shape index (κ1) is 29.9. The average Bonchev–Trinajstić information content (AvgIpc) is 3.07. The van der Waals surface area contributed by atoms with Crippen molar-refractivity contribution < 1.29 is 28.9 Å². The minimum absolute atomic E-state index is 0.126. The van der Waals surface area contributed by atoms with Crippen molar-refractivity contribution in [2.75, 3.05) is 0 Å². The van der Waals surface area contributed by atoms with Gasteiger partial charge in [0.15, 0.2) is 0 Å². The van der Waals surface area contributed by atoms with Gasteiger partial charge in [0, 0.05) is 12.0 Å². The van der Waals surface area contributed by atoms with E-state index >= 15 is 0 Å². The van der Waals surface area contributed by atoms with Gasteiger partial charge in [0.25, 0.3) is 5.91 Å². The molecule has 7 nitrogen and oxygen atoms in total. The van der Waals surface area contributed by atoms with Crippen molar-refractivity contribution in [2.45, 2.75) is 32.3 Å². The van der Waals surface area contributed by atoms with E-state index in [0.29, 0.717) is 36.9 Å². The Balaban J connectivity index is 1.11. The van der Waals surface area contributed by atoms with E-state index in [4.69, 9.17) is 14.2 Å². The van der Waals surface area contributed by atoms with Gasteiger partial charge in [0.05, 0.1) is 0 Å². The Morgan fingerprint density at radius 1 is 0.545 bits per heavy atom. The second-order valence-electron chi connectivity index (χ2n) is 10.2. The molecule has 0 aliphatic carbocycles. The molecule has 5 rings (SSSR count). The van der Waals surface area contributed by atoms with Crippen molar-refractivity contribution in [3.8, 4) is 17.2 Å². The predicted octanol–water partition coefficient (Wildman–Crippen LogP) is 6.85. The maximum Gasteiger partial charge on any atom is 0.326 e. The fraction of sp³-hybridized carbons (Fsp3) is 0.135. The van der Waals surface area contributed by atoms with E-state index < -0.39 is 17.9 Å². The molecule has 0 aromatic heterocycles. The SMILES string of the molecule is O=C(N[C@@H](Cc1ccc(OCc2ccccc2)cc1)C(=O)O)c1cccc(OCc2ccc(OCc3ccccc3)cc2)c1. The number of benzene rings is 5. The highest BCUT2D eigenvalue weighted by atomic mass is 16.5. The lowest BCUT2D eigenvalue weighted by molar-refractivity contribution is -0.139. The zero-order valence-corrected chi connectivity index (χ0v) is 24.1. The summed E-state index contributed by atoms with van der Waals surface area (Å²) in [6, 6.07) is 40.2. The summed E-state index contributed by atoms with van der Waals surface area (Å²) >= 11 is 0. The minimum atomic E-state index is -1.12. The van der Waals surface area contributed by atoms with E-state index in [1.165, 1.54) is 0 Å². The summed E-state index contributed by atoms with van der Waals surface area (Å²) < 4.78 is 17.6. The van der Waals surface area contributed by atoms with Crippen molar-refractivity contribution in [2.24, 2.45) is 0 Å². The molecule has 0 saturated heterocycles. The lowest BCUT2D eigenvalue weighted by Gasteiger charge is -2.16. The molecule has 1 atom stereocenters. The smallest absolute Gasteiger partial charge is 0.326 e. The van der Waals surface area contributed by atoms with Gasteiger partial charge in [-0.05, 0) is 64.7 Å². The number of carboxylic acids is 1. The molecule has 0 aliphatic rings. The van der Waals surface area contributed by atoms with Crippen LogP contribution in [0.15, 0.2) is 133 Å². The molecule has 0 aliphatic heterocycles. The van der Waals surface area contributed by atoms with Crippen molar-refractivity contribution in [3.05, 3.63) is 161 Å². The number of hydrogen-bond donors (Lipinski definition) is 2. The topological polar surface area (TPSA) is 94.1 Å². The Morgan fingerprint density at radius 2 is 1.02 bits per heavy atom. The van der Waals surface area contributed by atoms with Crippen LogP contribution in [0.25, 0.3) is 0 Å². The van der Waals surface area contributed by atoms with Gasteiger partial charge >= 0.3 is 5.97 Å². The van der Waals surface area contributed by atoms with Crippen LogP contribution >= 0.6 is 0 Å². The van der Waals surface area contributed by atoms with Crippen LogP contribution in [-0.4, -0.2) is 23.0 Å². The third-order valence-corrected chi connectivity index (χ3v) is 6.89. The number of rotatable bonds is 14. The Hall–Kier alpha value is -5.56. The normalized spacial score (nSPS) is 11.3.